The highest BCUT2D eigenvalue weighted by molar-refractivity contribution is 5.98. The van der Waals surface area contributed by atoms with Crippen molar-refractivity contribution in [1.82, 2.24) is 10.2 Å². The van der Waals surface area contributed by atoms with Crippen molar-refractivity contribution in [3.8, 4) is 5.75 Å². The van der Waals surface area contributed by atoms with Gasteiger partial charge >= 0.3 is 0 Å². The Labute approximate surface area is 212 Å². The van der Waals surface area contributed by atoms with Gasteiger partial charge in [-0.25, -0.2) is 4.39 Å². The molecule has 4 rings (SSSR count). The Bertz CT molecular complexity index is 1070. The molecular weight excluding hydrogens is 459 g/mol. The predicted molar refractivity (Wildman–Crippen MR) is 137 cm³/mol. The van der Waals surface area contributed by atoms with E-state index >= 15 is 0 Å². The van der Waals surface area contributed by atoms with E-state index in [4.69, 9.17) is 9.47 Å². The second kappa shape index (κ2) is 12.1. The molecule has 36 heavy (non-hydrogen) atoms. The van der Waals surface area contributed by atoms with Crippen LogP contribution in [0.25, 0.3) is 6.08 Å². The molecule has 0 bridgehead atoms. The number of halogens is 1. The number of carbonyl (C=O) groups is 2. The summed E-state index contributed by atoms with van der Waals surface area (Å²) in [6.07, 6.45) is 7.24. The Balaban J connectivity index is 1.42. The minimum Gasteiger partial charge on any atom is -0.494 e. The summed E-state index contributed by atoms with van der Waals surface area (Å²) in [4.78, 5) is 28.0. The first-order valence-corrected chi connectivity index (χ1v) is 12.9. The maximum Gasteiger partial charge on any atom is 0.289 e. The summed E-state index contributed by atoms with van der Waals surface area (Å²) >= 11 is 0. The number of morpholine rings is 1. The molecule has 2 aromatic rings. The van der Waals surface area contributed by atoms with E-state index in [9.17, 15) is 14.0 Å². The van der Waals surface area contributed by atoms with Crippen molar-refractivity contribution in [2.45, 2.75) is 70.6 Å². The number of rotatable bonds is 9. The molecule has 1 saturated heterocycles. The van der Waals surface area contributed by atoms with Crippen molar-refractivity contribution in [3.63, 3.8) is 0 Å². The molecule has 1 heterocycles. The zero-order chi connectivity index (χ0) is 25.5. The molecule has 3 unspecified atom stereocenters. The summed E-state index contributed by atoms with van der Waals surface area (Å²) in [6, 6.07) is 13.3. The topological polar surface area (TPSA) is 67.9 Å². The van der Waals surface area contributed by atoms with Crippen LogP contribution in [-0.4, -0.2) is 42.0 Å². The molecule has 2 amide bonds. The van der Waals surface area contributed by atoms with Crippen LogP contribution in [0, 0.1) is 5.82 Å². The Morgan fingerprint density at radius 3 is 2.61 bits per heavy atom. The molecule has 1 aliphatic carbocycles. The second-order valence-corrected chi connectivity index (χ2v) is 9.56. The van der Waals surface area contributed by atoms with Gasteiger partial charge in [-0.1, -0.05) is 44.0 Å². The minimum atomic E-state index is -0.341. The number of amides is 2. The molecule has 1 N–H and O–H groups in total. The normalized spacial score (nSPS) is 21.5. The second-order valence-electron chi connectivity index (χ2n) is 9.56. The molecule has 7 heteroatoms. The molecule has 2 aliphatic rings. The third-order valence-electron chi connectivity index (χ3n) is 6.82. The standard InChI is InChI=1S/C29H35FN2O4/c1-3-4-17-35-24-15-11-22(12-16-24)20(2)31-28(33)19-32-25-7-5-6-8-26(25)36-27(29(32)34)18-21-9-13-23(30)14-10-21/h9-16,18,20,25-26H,3-8,17,19H2,1-2H3,(H,31,33)/b27-18+. The van der Waals surface area contributed by atoms with Crippen LogP contribution in [0.1, 0.15) is 69.5 Å². The number of ether oxygens (including phenoxy) is 2. The van der Waals surface area contributed by atoms with Crippen molar-refractivity contribution >= 4 is 17.9 Å². The summed E-state index contributed by atoms with van der Waals surface area (Å²) < 4.78 is 25.1. The van der Waals surface area contributed by atoms with Gasteiger partial charge in [0.25, 0.3) is 5.91 Å². The number of carbonyl (C=O) groups excluding carboxylic acids is 2. The molecule has 2 aromatic carbocycles. The van der Waals surface area contributed by atoms with Crippen molar-refractivity contribution < 1.29 is 23.5 Å². The van der Waals surface area contributed by atoms with Crippen molar-refractivity contribution in [1.29, 1.82) is 0 Å². The van der Waals surface area contributed by atoms with Crippen LogP contribution in [-0.2, 0) is 14.3 Å². The molecule has 1 saturated carbocycles. The first-order chi connectivity index (χ1) is 17.4. The first kappa shape index (κ1) is 25.7. The highest BCUT2D eigenvalue weighted by Crippen LogP contribution is 2.33. The van der Waals surface area contributed by atoms with Gasteiger partial charge in [-0.15, -0.1) is 0 Å². The van der Waals surface area contributed by atoms with Gasteiger partial charge < -0.3 is 19.7 Å². The quantitative estimate of drug-likeness (QED) is 0.375. The van der Waals surface area contributed by atoms with E-state index in [0.29, 0.717) is 12.2 Å². The largest absolute Gasteiger partial charge is 0.494 e. The molecule has 0 radical (unpaired) electrons. The fourth-order valence-electron chi connectivity index (χ4n) is 4.78. The maximum absolute atomic E-state index is 13.4. The van der Waals surface area contributed by atoms with Gasteiger partial charge in [-0.05, 0) is 74.1 Å². The number of unbranched alkanes of at least 4 members (excludes halogenated alkanes) is 1. The highest BCUT2D eigenvalue weighted by atomic mass is 19.1. The number of fused-ring (bicyclic) bond motifs is 1. The Kier molecular flexibility index (Phi) is 8.62. The summed E-state index contributed by atoms with van der Waals surface area (Å²) in [5.74, 6) is 0.148. The van der Waals surface area contributed by atoms with E-state index in [1.165, 1.54) is 12.1 Å². The van der Waals surface area contributed by atoms with Crippen LogP contribution in [0.4, 0.5) is 4.39 Å². The van der Waals surface area contributed by atoms with Crippen LogP contribution < -0.4 is 10.1 Å². The Morgan fingerprint density at radius 1 is 1.17 bits per heavy atom. The van der Waals surface area contributed by atoms with Crippen molar-refractivity contribution in [2.24, 2.45) is 0 Å². The molecule has 6 nitrogen and oxygen atoms in total. The third-order valence-corrected chi connectivity index (χ3v) is 6.82. The summed E-state index contributed by atoms with van der Waals surface area (Å²) in [5, 5.41) is 3.03. The Hall–Kier alpha value is -3.35. The van der Waals surface area contributed by atoms with E-state index in [1.807, 2.05) is 31.2 Å². The summed E-state index contributed by atoms with van der Waals surface area (Å²) in [6.45, 7) is 4.70. The lowest BCUT2D eigenvalue weighted by Gasteiger charge is -2.44. The van der Waals surface area contributed by atoms with Crippen molar-refractivity contribution in [2.75, 3.05) is 13.2 Å². The average Bonchev–Trinajstić information content (AvgIpc) is 2.88. The van der Waals surface area contributed by atoms with Crippen LogP contribution in [0.15, 0.2) is 54.3 Å². The van der Waals surface area contributed by atoms with E-state index in [0.717, 1.165) is 49.8 Å². The number of nitrogens with one attached hydrogen (secondary N) is 1. The van der Waals surface area contributed by atoms with Gasteiger partial charge in [0.15, 0.2) is 5.76 Å². The van der Waals surface area contributed by atoms with Gasteiger partial charge in [0.2, 0.25) is 5.91 Å². The molecular formula is C29H35FN2O4. The molecule has 3 atom stereocenters. The minimum absolute atomic E-state index is 0.0350. The van der Waals surface area contributed by atoms with Gasteiger partial charge in [-0.3, -0.25) is 9.59 Å². The van der Waals surface area contributed by atoms with Crippen LogP contribution in [0.2, 0.25) is 0 Å². The molecule has 1 aliphatic heterocycles. The van der Waals surface area contributed by atoms with Crippen LogP contribution >= 0.6 is 0 Å². The van der Waals surface area contributed by atoms with Gasteiger partial charge in [0.1, 0.15) is 24.2 Å². The zero-order valence-electron chi connectivity index (χ0n) is 21.0. The maximum atomic E-state index is 13.4. The number of hydrogen-bond donors (Lipinski definition) is 1. The average molecular weight is 495 g/mol. The lowest BCUT2D eigenvalue weighted by Crippen LogP contribution is -2.57. The van der Waals surface area contributed by atoms with E-state index in [1.54, 1.807) is 23.1 Å². The van der Waals surface area contributed by atoms with E-state index in [-0.39, 0.29) is 48.1 Å². The molecule has 0 aromatic heterocycles. The fourth-order valence-corrected chi connectivity index (χ4v) is 4.78. The van der Waals surface area contributed by atoms with Gasteiger partial charge in [0, 0.05) is 0 Å². The third kappa shape index (κ3) is 6.45. The first-order valence-electron chi connectivity index (χ1n) is 12.9. The highest BCUT2D eigenvalue weighted by Gasteiger charge is 2.42. The van der Waals surface area contributed by atoms with Crippen molar-refractivity contribution in [3.05, 3.63) is 71.2 Å². The lowest BCUT2D eigenvalue weighted by atomic mass is 9.89. The van der Waals surface area contributed by atoms with E-state index in [2.05, 4.69) is 12.2 Å². The number of hydrogen-bond acceptors (Lipinski definition) is 4. The lowest BCUT2D eigenvalue weighted by molar-refractivity contribution is -0.152. The van der Waals surface area contributed by atoms with Crippen LogP contribution in [0.5, 0.6) is 5.75 Å². The number of nitrogens with zero attached hydrogens (tertiary/aromatic N) is 1. The van der Waals surface area contributed by atoms with Gasteiger partial charge in [-0.2, -0.15) is 0 Å². The SMILES string of the molecule is CCCCOc1ccc(C(C)NC(=O)CN2C(=O)/C(=C\c3ccc(F)cc3)OC3CCCCC32)cc1. The smallest absolute Gasteiger partial charge is 0.289 e. The van der Waals surface area contributed by atoms with E-state index < -0.39 is 0 Å². The number of benzene rings is 2. The Morgan fingerprint density at radius 2 is 1.89 bits per heavy atom. The summed E-state index contributed by atoms with van der Waals surface area (Å²) in [7, 11) is 0. The predicted octanol–water partition coefficient (Wildman–Crippen LogP) is 5.39. The zero-order valence-corrected chi connectivity index (χ0v) is 21.0. The van der Waals surface area contributed by atoms with Crippen LogP contribution in [0.3, 0.4) is 0 Å². The van der Waals surface area contributed by atoms with Gasteiger partial charge in [0.05, 0.1) is 18.7 Å². The molecule has 192 valence electrons. The monoisotopic (exact) mass is 494 g/mol. The summed E-state index contributed by atoms with van der Waals surface area (Å²) in [5.41, 5.74) is 1.64. The molecule has 2 fully saturated rings. The molecule has 0 spiro atoms. The fraction of sp³-hybridized carbons (Fsp3) is 0.448.